The lowest BCUT2D eigenvalue weighted by Gasteiger charge is -1.95. The minimum Gasteiger partial charge on any atom is -0.0885 e. The molecule has 0 bridgehead atoms. The molecule has 0 radical (unpaired) electrons. The van der Waals surface area contributed by atoms with Gasteiger partial charge in [0.05, 0.1) is 0 Å². The fraction of sp³-hybridized carbons (Fsp3) is 0.600. The van der Waals surface area contributed by atoms with Crippen LogP contribution >= 0.6 is 0 Å². The maximum Gasteiger partial charge on any atom is -0.0169 e. The number of rotatable bonds is 13. The normalized spacial score (nSPS) is 12.7. The highest BCUT2D eigenvalue weighted by molar-refractivity contribution is 4.99. The minimum atomic E-state index is 1.06. The molecule has 0 aromatic rings. The third-order valence-electron chi connectivity index (χ3n) is 3.19. The largest absolute Gasteiger partial charge is 0.0885 e. The van der Waals surface area contributed by atoms with Gasteiger partial charge in [-0.25, -0.2) is 0 Å². The predicted molar refractivity (Wildman–Crippen MR) is 94.1 cm³/mol. The molecule has 0 rings (SSSR count). The van der Waals surface area contributed by atoms with Crippen molar-refractivity contribution >= 4 is 0 Å². The first-order valence-corrected chi connectivity index (χ1v) is 8.51. The van der Waals surface area contributed by atoms with Crippen LogP contribution in [0, 0.1) is 0 Å². The highest BCUT2D eigenvalue weighted by atomic mass is 13.9. The fourth-order valence-corrected chi connectivity index (χ4v) is 1.96. The van der Waals surface area contributed by atoms with Gasteiger partial charge in [0.1, 0.15) is 0 Å². The quantitative estimate of drug-likeness (QED) is 0.247. The molecule has 0 aliphatic rings. The lowest BCUT2D eigenvalue weighted by molar-refractivity contribution is 0.637. The SMILES string of the molecule is CC/C=C\C/C=C\C/C=C\C/C=C/CCCCCCC. The Morgan fingerprint density at radius 3 is 1.55 bits per heavy atom. The molecule has 0 nitrogen and oxygen atoms in total. The van der Waals surface area contributed by atoms with Gasteiger partial charge < -0.3 is 0 Å². The lowest BCUT2D eigenvalue weighted by atomic mass is 10.1. The summed E-state index contributed by atoms with van der Waals surface area (Å²) < 4.78 is 0. The molecule has 0 fully saturated rings. The van der Waals surface area contributed by atoms with E-state index in [1.165, 1.54) is 38.5 Å². The Hall–Kier alpha value is -1.04. The van der Waals surface area contributed by atoms with Crippen molar-refractivity contribution in [2.24, 2.45) is 0 Å². The van der Waals surface area contributed by atoms with Gasteiger partial charge in [0.2, 0.25) is 0 Å². The topological polar surface area (TPSA) is 0 Å². The summed E-state index contributed by atoms with van der Waals surface area (Å²) in [4.78, 5) is 0. The Kier molecular flexibility index (Phi) is 17.0. The van der Waals surface area contributed by atoms with Crippen LogP contribution < -0.4 is 0 Å². The second-order valence-corrected chi connectivity index (χ2v) is 5.20. The number of hydrogen-bond donors (Lipinski definition) is 0. The zero-order valence-corrected chi connectivity index (χ0v) is 13.7. The molecule has 0 aliphatic carbocycles. The lowest BCUT2D eigenvalue weighted by Crippen LogP contribution is -1.75. The third kappa shape index (κ3) is 17.0. The molecule has 114 valence electrons. The Bertz CT molecular complexity index is 278. The van der Waals surface area contributed by atoms with Crippen molar-refractivity contribution in [3.05, 3.63) is 48.6 Å². The van der Waals surface area contributed by atoms with E-state index in [1.54, 1.807) is 0 Å². The van der Waals surface area contributed by atoms with Crippen LogP contribution in [0.5, 0.6) is 0 Å². The van der Waals surface area contributed by atoms with E-state index in [1.807, 2.05) is 0 Å². The molecule has 0 aromatic heterocycles. The molecule has 20 heavy (non-hydrogen) atoms. The fourth-order valence-electron chi connectivity index (χ4n) is 1.96. The molecule has 0 heterocycles. The van der Waals surface area contributed by atoms with E-state index in [0.717, 1.165) is 25.7 Å². The summed E-state index contributed by atoms with van der Waals surface area (Å²) in [6, 6.07) is 0. The molecular formula is C20H34. The van der Waals surface area contributed by atoms with Gasteiger partial charge in [-0.1, -0.05) is 88.1 Å². The Balaban J connectivity index is 3.32. The summed E-state index contributed by atoms with van der Waals surface area (Å²) in [6.07, 6.45) is 30.6. The van der Waals surface area contributed by atoms with Crippen LogP contribution in [-0.2, 0) is 0 Å². The zero-order chi connectivity index (χ0) is 14.7. The van der Waals surface area contributed by atoms with E-state index in [0.29, 0.717) is 0 Å². The van der Waals surface area contributed by atoms with Gasteiger partial charge in [-0.2, -0.15) is 0 Å². The molecule has 0 unspecified atom stereocenters. The molecule has 0 atom stereocenters. The molecule has 0 amide bonds. The van der Waals surface area contributed by atoms with E-state index in [4.69, 9.17) is 0 Å². The first kappa shape index (κ1) is 19.0. The van der Waals surface area contributed by atoms with Crippen LogP contribution in [0.25, 0.3) is 0 Å². The monoisotopic (exact) mass is 274 g/mol. The molecule has 0 aromatic carbocycles. The zero-order valence-electron chi connectivity index (χ0n) is 13.7. The van der Waals surface area contributed by atoms with Gasteiger partial charge in [0.15, 0.2) is 0 Å². The average Bonchev–Trinajstić information content (AvgIpc) is 2.47. The first-order valence-electron chi connectivity index (χ1n) is 8.51. The Labute approximate surface area is 127 Å². The van der Waals surface area contributed by atoms with Gasteiger partial charge in [-0.05, 0) is 38.5 Å². The van der Waals surface area contributed by atoms with Crippen LogP contribution in [0.3, 0.4) is 0 Å². The van der Waals surface area contributed by atoms with Crippen molar-refractivity contribution in [3.63, 3.8) is 0 Å². The number of hydrogen-bond acceptors (Lipinski definition) is 0. The van der Waals surface area contributed by atoms with Crippen molar-refractivity contribution in [2.75, 3.05) is 0 Å². The standard InChI is InChI=1S/C20H34/c1-3-5-7-9-11-13-15-17-19-20-18-16-14-12-10-8-6-4-2/h5,7,11,13,16-19H,3-4,6,8-10,12,14-15,20H2,1-2H3/b7-5-,13-11-,18-16+,19-17-. The maximum absolute atomic E-state index is 2.33. The smallest absolute Gasteiger partial charge is 0.0169 e. The minimum absolute atomic E-state index is 1.06. The average molecular weight is 274 g/mol. The summed E-state index contributed by atoms with van der Waals surface area (Å²) in [6.45, 7) is 4.44. The van der Waals surface area contributed by atoms with Crippen LogP contribution in [0.2, 0.25) is 0 Å². The van der Waals surface area contributed by atoms with Crippen molar-refractivity contribution in [1.82, 2.24) is 0 Å². The molecule has 0 saturated heterocycles. The summed E-state index contributed by atoms with van der Waals surface area (Å²) in [7, 11) is 0. The molecule has 0 heteroatoms. The van der Waals surface area contributed by atoms with Gasteiger partial charge in [-0.3, -0.25) is 0 Å². The van der Waals surface area contributed by atoms with Gasteiger partial charge >= 0.3 is 0 Å². The number of unbranched alkanes of at least 4 members (excludes halogenated alkanes) is 5. The highest BCUT2D eigenvalue weighted by Gasteiger charge is 1.85. The van der Waals surface area contributed by atoms with Gasteiger partial charge in [0, 0.05) is 0 Å². The predicted octanol–water partition coefficient (Wildman–Crippen LogP) is 7.15. The molecule has 0 N–H and O–H groups in total. The Morgan fingerprint density at radius 1 is 0.500 bits per heavy atom. The van der Waals surface area contributed by atoms with E-state index in [-0.39, 0.29) is 0 Å². The Morgan fingerprint density at radius 2 is 1.00 bits per heavy atom. The van der Waals surface area contributed by atoms with E-state index < -0.39 is 0 Å². The van der Waals surface area contributed by atoms with Crippen LogP contribution in [0.1, 0.15) is 78.1 Å². The van der Waals surface area contributed by atoms with Crippen molar-refractivity contribution < 1.29 is 0 Å². The van der Waals surface area contributed by atoms with Gasteiger partial charge in [-0.15, -0.1) is 0 Å². The molecule has 0 saturated carbocycles. The summed E-state index contributed by atoms with van der Waals surface area (Å²) in [5.41, 5.74) is 0. The van der Waals surface area contributed by atoms with Crippen molar-refractivity contribution in [1.29, 1.82) is 0 Å². The van der Waals surface area contributed by atoms with E-state index in [2.05, 4.69) is 62.5 Å². The van der Waals surface area contributed by atoms with Crippen LogP contribution in [0.15, 0.2) is 48.6 Å². The highest BCUT2D eigenvalue weighted by Crippen LogP contribution is 2.05. The van der Waals surface area contributed by atoms with Crippen LogP contribution in [0.4, 0.5) is 0 Å². The van der Waals surface area contributed by atoms with Gasteiger partial charge in [0.25, 0.3) is 0 Å². The molecule has 0 aliphatic heterocycles. The second-order valence-electron chi connectivity index (χ2n) is 5.20. The van der Waals surface area contributed by atoms with Crippen molar-refractivity contribution in [2.45, 2.75) is 78.1 Å². The first-order chi connectivity index (χ1) is 9.91. The van der Waals surface area contributed by atoms with E-state index in [9.17, 15) is 0 Å². The number of allylic oxidation sites excluding steroid dienone is 8. The van der Waals surface area contributed by atoms with Crippen LogP contribution in [-0.4, -0.2) is 0 Å². The summed E-state index contributed by atoms with van der Waals surface area (Å²) >= 11 is 0. The maximum atomic E-state index is 2.33. The van der Waals surface area contributed by atoms with Crippen molar-refractivity contribution in [3.8, 4) is 0 Å². The van der Waals surface area contributed by atoms with E-state index >= 15 is 0 Å². The third-order valence-corrected chi connectivity index (χ3v) is 3.19. The molecule has 0 spiro atoms. The summed E-state index contributed by atoms with van der Waals surface area (Å²) in [5.74, 6) is 0. The second kappa shape index (κ2) is 18.0. The summed E-state index contributed by atoms with van der Waals surface area (Å²) in [5, 5.41) is 0. The molecular weight excluding hydrogens is 240 g/mol.